The second kappa shape index (κ2) is 6.52. The molecule has 3 N–H and O–H groups in total. The fourth-order valence-electron chi connectivity index (χ4n) is 2.32. The van der Waals surface area contributed by atoms with Gasteiger partial charge in [-0.05, 0) is 43.4 Å². The molecule has 0 aliphatic heterocycles. The van der Waals surface area contributed by atoms with Crippen LogP contribution in [0.3, 0.4) is 0 Å². The van der Waals surface area contributed by atoms with Gasteiger partial charge >= 0.3 is 6.03 Å². The molecule has 0 bridgehead atoms. The van der Waals surface area contributed by atoms with Gasteiger partial charge in [0.05, 0.1) is 6.10 Å². The summed E-state index contributed by atoms with van der Waals surface area (Å²) in [4.78, 5) is 11.7. The van der Waals surface area contributed by atoms with Crippen molar-refractivity contribution in [2.45, 2.75) is 44.4 Å². The summed E-state index contributed by atoms with van der Waals surface area (Å²) in [6.45, 7) is 0.362. The molecule has 19 heavy (non-hydrogen) atoms. The number of aliphatic hydroxyl groups is 1. The number of carbonyl (C=O) groups is 1. The average molecular weight is 266 g/mol. The lowest BCUT2D eigenvalue weighted by Crippen LogP contribution is -2.44. The van der Waals surface area contributed by atoms with Crippen molar-refractivity contribution in [2.24, 2.45) is 0 Å². The molecular weight excluding hydrogens is 247 g/mol. The zero-order valence-corrected chi connectivity index (χ0v) is 10.7. The Kier molecular flexibility index (Phi) is 4.74. The van der Waals surface area contributed by atoms with Gasteiger partial charge < -0.3 is 15.7 Å². The quantitative estimate of drug-likeness (QED) is 0.783. The van der Waals surface area contributed by atoms with Crippen molar-refractivity contribution < 1.29 is 14.3 Å². The van der Waals surface area contributed by atoms with E-state index in [4.69, 9.17) is 0 Å². The summed E-state index contributed by atoms with van der Waals surface area (Å²) in [6, 6.07) is 5.80. The molecule has 1 aromatic carbocycles. The molecule has 2 atom stereocenters. The van der Waals surface area contributed by atoms with Gasteiger partial charge in [-0.15, -0.1) is 0 Å². The highest BCUT2D eigenvalue weighted by Crippen LogP contribution is 2.18. The van der Waals surface area contributed by atoms with Crippen LogP contribution in [-0.4, -0.2) is 23.3 Å². The maximum atomic E-state index is 12.7. The van der Waals surface area contributed by atoms with Crippen LogP contribution in [0.25, 0.3) is 0 Å². The van der Waals surface area contributed by atoms with E-state index in [1.54, 1.807) is 12.1 Å². The molecule has 0 aromatic heterocycles. The Labute approximate surface area is 112 Å². The first kappa shape index (κ1) is 13.8. The first-order valence-corrected chi connectivity index (χ1v) is 6.60. The van der Waals surface area contributed by atoms with Crippen molar-refractivity contribution in [3.8, 4) is 0 Å². The molecule has 0 heterocycles. The van der Waals surface area contributed by atoms with E-state index in [2.05, 4.69) is 10.6 Å². The maximum absolute atomic E-state index is 12.7. The van der Waals surface area contributed by atoms with Gasteiger partial charge in [-0.3, -0.25) is 0 Å². The second-order valence-electron chi connectivity index (χ2n) is 4.97. The van der Waals surface area contributed by atoms with Crippen molar-refractivity contribution in [3.63, 3.8) is 0 Å². The van der Waals surface area contributed by atoms with Gasteiger partial charge in [-0.1, -0.05) is 12.1 Å². The van der Waals surface area contributed by atoms with E-state index in [1.165, 1.54) is 12.1 Å². The second-order valence-corrected chi connectivity index (χ2v) is 4.97. The summed E-state index contributed by atoms with van der Waals surface area (Å²) >= 11 is 0. The van der Waals surface area contributed by atoms with Crippen molar-refractivity contribution >= 4 is 6.03 Å². The van der Waals surface area contributed by atoms with Crippen LogP contribution in [0.2, 0.25) is 0 Å². The molecule has 1 aliphatic carbocycles. The number of amides is 2. The van der Waals surface area contributed by atoms with Gasteiger partial charge in [0.15, 0.2) is 0 Å². The van der Waals surface area contributed by atoms with E-state index < -0.39 is 0 Å². The zero-order chi connectivity index (χ0) is 13.7. The Morgan fingerprint density at radius 1 is 1.32 bits per heavy atom. The summed E-state index contributed by atoms with van der Waals surface area (Å²) in [5.74, 6) is -0.288. The van der Waals surface area contributed by atoms with E-state index >= 15 is 0 Å². The first-order valence-electron chi connectivity index (χ1n) is 6.60. The van der Waals surface area contributed by atoms with E-state index in [9.17, 15) is 14.3 Å². The highest BCUT2D eigenvalue weighted by molar-refractivity contribution is 5.74. The monoisotopic (exact) mass is 266 g/mol. The van der Waals surface area contributed by atoms with E-state index in [0.717, 1.165) is 24.8 Å². The molecule has 0 saturated heterocycles. The maximum Gasteiger partial charge on any atom is 0.315 e. The van der Waals surface area contributed by atoms with Gasteiger partial charge in [0.2, 0.25) is 0 Å². The molecule has 5 heteroatoms. The number of hydrogen-bond donors (Lipinski definition) is 3. The number of rotatable bonds is 3. The Bertz CT molecular complexity index is 422. The third-order valence-corrected chi connectivity index (χ3v) is 3.35. The standard InChI is InChI=1S/C14H19FN2O2/c15-11-6-4-10(5-7-11)9-16-14(19)17-12-2-1-3-13(18)8-12/h4-7,12-13,18H,1-3,8-9H2,(H2,16,17,19)/t12-,13-/m1/s1. The Hall–Kier alpha value is -1.62. The summed E-state index contributed by atoms with van der Waals surface area (Å²) in [6.07, 6.45) is 2.96. The Morgan fingerprint density at radius 3 is 2.74 bits per heavy atom. The van der Waals surface area contributed by atoms with Crippen LogP contribution in [0.5, 0.6) is 0 Å². The number of benzene rings is 1. The van der Waals surface area contributed by atoms with Crippen LogP contribution in [0, 0.1) is 5.82 Å². The van der Waals surface area contributed by atoms with E-state index in [0.29, 0.717) is 13.0 Å². The molecule has 2 rings (SSSR count). The van der Waals surface area contributed by atoms with Crippen LogP contribution in [0.15, 0.2) is 24.3 Å². The average Bonchev–Trinajstić information content (AvgIpc) is 2.38. The van der Waals surface area contributed by atoms with Crippen molar-refractivity contribution in [3.05, 3.63) is 35.6 Å². The number of aliphatic hydroxyl groups excluding tert-OH is 1. The van der Waals surface area contributed by atoms with Gasteiger partial charge in [-0.25, -0.2) is 9.18 Å². The van der Waals surface area contributed by atoms with E-state index in [-0.39, 0.29) is 24.0 Å². The summed E-state index contributed by atoms with van der Waals surface area (Å²) in [5, 5.41) is 15.1. The van der Waals surface area contributed by atoms with Crippen LogP contribution >= 0.6 is 0 Å². The van der Waals surface area contributed by atoms with Crippen molar-refractivity contribution in [1.29, 1.82) is 0 Å². The lowest BCUT2D eigenvalue weighted by atomic mass is 9.93. The highest BCUT2D eigenvalue weighted by atomic mass is 19.1. The lowest BCUT2D eigenvalue weighted by molar-refractivity contribution is 0.113. The Morgan fingerprint density at radius 2 is 2.05 bits per heavy atom. The zero-order valence-electron chi connectivity index (χ0n) is 10.7. The normalized spacial score (nSPS) is 22.8. The Balaban J connectivity index is 1.73. The van der Waals surface area contributed by atoms with E-state index in [1.807, 2.05) is 0 Å². The van der Waals surface area contributed by atoms with Crippen molar-refractivity contribution in [1.82, 2.24) is 10.6 Å². The predicted octanol–water partition coefficient (Wildman–Crippen LogP) is 1.93. The fourth-order valence-corrected chi connectivity index (χ4v) is 2.32. The van der Waals surface area contributed by atoms with Crippen molar-refractivity contribution in [2.75, 3.05) is 0 Å². The molecule has 0 unspecified atom stereocenters. The molecule has 1 aliphatic rings. The third kappa shape index (κ3) is 4.52. The van der Waals surface area contributed by atoms with Gasteiger partial charge in [0, 0.05) is 12.6 Å². The van der Waals surface area contributed by atoms with Crippen LogP contribution in [0.4, 0.5) is 9.18 Å². The highest BCUT2D eigenvalue weighted by Gasteiger charge is 2.21. The number of nitrogens with one attached hydrogen (secondary N) is 2. The molecule has 1 fully saturated rings. The number of carbonyl (C=O) groups excluding carboxylic acids is 1. The number of hydrogen-bond acceptors (Lipinski definition) is 2. The smallest absolute Gasteiger partial charge is 0.315 e. The lowest BCUT2D eigenvalue weighted by Gasteiger charge is -2.26. The number of urea groups is 1. The van der Waals surface area contributed by atoms with Gasteiger partial charge in [0.1, 0.15) is 5.82 Å². The van der Waals surface area contributed by atoms with Gasteiger partial charge in [0.25, 0.3) is 0 Å². The van der Waals surface area contributed by atoms with Gasteiger partial charge in [-0.2, -0.15) is 0 Å². The topological polar surface area (TPSA) is 61.4 Å². The minimum absolute atomic E-state index is 0.0389. The molecule has 2 amide bonds. The largest absolute Gasteiger partial charge is 0.393 e. The minimum atomic E-state index is -0.309. The molecule has 0 radical (unpaired) electrons. The fraction of sp³-hybridized carbons (Fsp3) is 0.500. The molecule has 4 nitrogen and oxygen atoms in total. The molecular formula is C14H19FN2O2. The molecule has 104 valence electrons. The van der Waals surface area contributed by atoms with Crippen LogP contribution in [0.1, 0.15) is 31.2 Å². The van der Waals surface area contributed by atoms with Crippen LogP contribution < -0.4 is 10.6 Å². The molecule has 1 saturated carbocycles. The third-order valence-electron chi connectivity index (χ3n) is 3.35. The minimum Gasteiger partial charge on any atom is -0.393 e. The van der Waals surface area contributed by atoms with Crippen LogP contribution in [-0.2, 0) is 6.54 Å². The summed E-state index contributed by atoms with van der Waals surface area (Å²) in [5.41, 5.74) is 0.847. The first-order chi connectivity index (χ1) is 9.13. The summed E-state index contributed by atoms with van der Waals surface area (Å²) < 4.78 is 12.7. The number of halogens is 1. The SMILES string of the molecule is O=C(NCc1ccc(F)cc1)N[C@@H]1CCC[C@@H](O)C1. The predicted molar refractivity (Wildman–Crippen MR) is 70.0 cm³/mol. The molecule has 1 aromatic rings. The summed E-state index contributed by atoms with van der Waals surface area (Å²) in [7, 11) is 0. The molecule has 0 spiro atoms.